The molecule has 0 saturated heterocycles. The fourth-order valence-corrected chi connectivity index (χ4v) is 6.51. The summed E-state index contributed by atoms with van der Waals surface area (Å²) in [4.78, 5) is 0. The Morgan fingerprint density at radius 1 is 0.812 bits per heavy atom. The largest absolute Gasteiger partial charge is 0.497 e. The molecule has 6 aliphatic carbocycles. The van der Waals surface area contributed by atoms with Crippen LogP contribution in [0.2, 0.25) is 0 Å². The van der Waals surface area contributed by atoms with Gasteiger partial charge in [-0.3, -0.25) is 0 Å². The Kier molecular flexibility index (Phi) is 0.843. The SMILES string of the molecule is COc1ccc2c(c1)C1[C@@H]3C4C5[C@H]3C2[C@H]5[C@@H]14. The summed E-state index contributed by atoms with van der Waals surface area (Å²) in [5.74, 6) is 9.78. The van der Waals surface area contributed by atoms with E-state index in [1.165, 1.54) is 11.8 Å². The van der Waals surface area contributed by atoms with E-state index in [0.717, 1.165) is 41.3 Å². The molecule has 1 heteroatoms. The van der Waals surface area contributed by atoms with Gasteiger partial charge in [-0.2, -0.15) is 0 Å². The molecule has 16 heavy (non-hydrogen) atoms. The van der Waals surface area contributed by atoms with E-state index in [2.05, 4.69) is 18.2 Å². The predicted octanol–water partition coefficient (Wildman–Crippen LogP) is 2.63. The maximum Gasteiger partial charge on any atom is 0.119 e. The van der Waals surface area contributed by atoms with Crippen molar-refractivity contribution in [3.63, 3.8) is 0 Å². The minimum Gasteiger partial charge on any atom is -0.497 e. The van der Waals surface area contributed by atoms with Crippen LogP contribution in [0.25, 0.3) is 0 Å². The molecule has 80 valence electrons. The van der Waals surface area contributed by atoms with Crippen LogP contribution in [0, 0.1) is 35.5 Å². The van der Waals surface area contributed by atoms with Crippen LogP contribution >= 0.6 is 0 Å². The normalized spacial score (nSPS) is 59.6. The quantitative estimate of drug-likeness (QED) is 0.692. The van der Waals surface area contributed by atoms with E-state index >= 15 is 0 Å². The summed E-state index contributed by atoms with van der Waals surface area (Å²) in [6.45, 7) is 0. The zero-order valence-electron chi connectivity index (χ0n) is 9.26. The Morgan fingerprint density at radius 3 is 2.06 bits per heavy atom. The highest BCUT2D eigenvalue weighted by Crippen LogP contribution is 2.94. The van der Waals surface area contributed by atoms with E-state index in [1.54, 1.807) is 18.2 Å². The molecule has 0 amide bonds. The zero-order valence-corrected chi connectivity index (χ0v) is 9.26. The first-order valence-electron chi connectivity index (χ1n) is 6.59. The Bertz CT molecular complexity index is 528. The summed E-state index contributed by atoms with van der Waals surface area (Å²) < 4.78 is 5.38. The third kappa shape index (κ3) is 0.432. The summed E-state index contributed by atoms with van der Waals surface area (Å²) >= 11 is 0. The number of rotatable bonds is 1. The highest BCUT2D eigenvalue weighted by molar-refractivity contribution is 5.56. The van der Waals surface area contributed by atoms with E-state index in [1.807, 2.05) is 0 Å². The second kappa shape index (κ2) is 1.83. The van der Waals surface area contributed by atoms with Crippen LogP contribution in [0.3, 0.4) is 0 Å². The minimum absolute atomic E-state index is 0.945. The second-order valence-corrected chi connectivity index (χ2v) is 6.51. The monoisotopic (exact) mass is 210 g/mol. The van der Waals surface area contributed by atoms with Crippen molar-refractivity contribution >= 4 is 0 Å². The Balaban J connectivity index is 1.63. The van der Waals surface area contributed by atoms with Crippen molar-refractivity contribution in [3.8, 4) is 5.75 Å². The standard InChI is InChI=1S/C15H14O/c1-16-5-2-3-6-7(4-5)9-12-10-8(6)11-13(9)15(12)14(10)11/h2-4,8-15H,1H3/t8?,9?,10-,11-,12-,13+,14?,15?/m0/s1. The third-order valence-electron chi connectivity index (χ3n) is 6.78. The number of hydrogen-bond acceptors (Lipinski definition) is 1. The van der Waals surface area contributed by atoms with Gasteiger partial charge in [0.25, 0.3) is 0 Å². The van der Waals surface area contributed by atoms with Gasteiger partial charge in [-0.15, -0.1) is 0 Å². The lowest BCUT2D eigenvalue weighted by Crippen LogP contribution is -2.87. The van der Waals surface area contributed by atoms with Gasteiger partial charge in [0, 0.05) is 0 Å². The fourth-order valence-electron chi connectivity index (χ4n) is 6.51. The van der Waals surface area contributed by atoms with Gasteiger partial charge in [0.2, 0.25) is 0 Å². The Hall–Kier alpha value is -0.980. The van der Waals surface area contributed by atoms with Crippen LogP contribution in [0.15, 0.2) is 18.2 Å². The number of methoxy groups -OCH3 is 1. The molecular weight excluding hydrogens is 196 g/mol. The van der Waals surface area contributed by atoms with Crippen molar-refractivity contribution in [2.24, 2.45) is 35.5 Å². The van der Waals surface area contributed by atoms with Gasteiger partial charge in [0.1, 0.15) is 5.75 Å². The maximum atomic E-state index is 5.38. The van der Waals surface area contributed by atoms with E-state index < -0.39 is 0 Å². The van der Waals surface area contributed by atoms with Crippen LogP contribution in [0.1, 0.15) is 23.0 Å². The van der Waals surface area contributed by atoms with E-state index in [9.17, 15) is 0 Å². The summed E-state index contributed by atoms with van der Waals surface area (Å²) in [7, 11) is 1.78. The number of ether oxygens (including phenoxy) is 1. The molecule has 0 heterocycles. The molecule has 0 spiro atoms. The van der Waals surface area contributed by atoms with Crippen molar-refractivity contribution in [1.29, 1.82) is 0 Å². The van der Waals surface area contributed by atoms with E-state index in [-0.39, 0.29) is 0 Å². The lowest BCUT2D eigenvalue weighted by molar-refractivity contribution is -0.407. The van der Waals surface area contributed by atoms with Crippen LogP contribution in [0.4, 0.5) is 0 Å². The summed E-state index contributed by atoms with van der Waals surface area (Å²) in [5, 5.41) is 0. The maximum absolute atomic E-state index is 5.38. The lowest BCUT2D eigenvalue weighted by Gasteiger charge is -2.93. The molecule has 0 aliphatic heterocycles. The van der Waals surface area contributed by atoms with Gasteiger partial charge in [0.05, 0.1) is 7.11 Å². The first-order valence-corrected chi connectivity index (χ1v) is 6.59. The fraction of sp³-hybridized carbons (Fsp3) is 0.600. The highest BCUT2D eigenvalue weighted by Gasteiger charge is 2.88. The Labute approximate surface area is 94.8 Å². The molecule has 0 aromatic heterocycles. The molecule has 6 aliphatic rings. The van der Waals surface area contributed by atoms with Crippen LogP contribution in [-0.4, -0.2) is 7.11 Å². The lowest BCUT2D eigenvalue weighted by atomic mass is 9.11. The molecule has 0 N–H and O–H groups in total. The van der Waals surface area contributed by atoms with Gasteiger partial charge < -0.3 is 4.74 Å². The first-order chi connectivity index (χ1) is 7.92. The molecule has 4 unspecified atom stereocenters. The van der Waals surface area contributed by atoms with Gasteiger partial charge in [0.15, 0.2) is 0 Å². The molecule has 8 atom stereocenters. The molecule has 1 aromatic rings. The van der Waals surface area contributed by atoms with E-state index in [4.69, 9.17) is 4.74 Å². The molecule has 1 aromatic carbocycles. The topological polar surface area (TPSA) is 9.23 Å². The average Bonchev–Trinajstić information content (AvgIpc) is 2.30. The van der Waals surface area contributed by atoms with Crippen molar-refractivity contribution in [2.75, 3.05) is 7.11 Å². The smallest absolute Gasteiger partial charge is 0.119 e. The molecule has 2 bridgehead atoms. The van der Waals surface area contributed by atoms with Crippen molar-refractivity contribution < 1.29 is 4.74 Å². The van der Waals surface area contributed by atoms with Crippen LogP contribution in [0.5, 0.6) is 5.75 Å². The van der Waals surface area contributed by atoms with Crippen molar-refractivity contribution in [1.82, 2.24) is 0 Å². The van der Waals surface area contributed by atoms with Crippen molar-refractivity contribution in [3.05, 3.63) is 29.3 Å². The highest BCUT2D eigenvalue weighted by atomic mass is 16.5. The van der Waals surface area contributed by atoms with Gasteiger partial charge in [-0.25, -0.2) is 0 Å². The van der Waals surface area contributed by atoms with Crippen LogP contribution in [-0.2, 0) is 0 Å². The number of hydrogen-bond donors (Lipinski definition) is 0. The molecule has 7 rings (SSSR count). The number of benzene rings is 1. The molecule has 4 fully saturated rings. The predicted molar refractivity (Wildman–Crippen MR) is 59.4 cm³/mol. The zero-order chi connectivity index (χ0) is 10.2. The molecule has 1 nitrogen and oxygen atoms in total. The molecule has 0 radical (unpaired) electrons. The van der Waals surface area contributed by atoms with Crippen LogP contribution < -0.4 is 4.74 Å². The van der Waals surface area contributed by atoms with Gasteiger partial charge >= 0.3 is 0 Å². The Morgan fingerprint density at radius 2 is 1.44 bits per heavy atom. The second-order valence-electron chi connectivity index (χ2n) is 6.51. The molecule has 4 saturated carbocycles. The minimum atomic E-state index is 0.945. The third-order valence-corrected chi connectivity index (χ3v) is 6.78. The first kappa shape index (κ1) is 7.37. The van der Waals surface area contributed by atoms with E-state index in [0.29, 0.717) is 0 Å². The summed E-state index contributed by atoms with van der Waals surface area (Å²) in [5.41, 5.74) is 3.36. The summed E-state index contributed by atoms with van der Waals surface area (Å²) in [6.07, 6.45) is 0. The molecular formula is C15H14O. The van der Waals surface area contributed by atoms with Crippen molar-refractivity contribution in [2.45, 2.75) is 11.8 Å². The van der Waals surface area contributed by atoms with Gasteiger partial charge in [-0.05, 0) is 70.6 Å². The average molecular weight is 210 g/mol. The summed E-state index contributed by atoms with van der Waals surface area (Å²) in [6, 6.07) is 6.86. The van der Waals surface area contributed by atoms with Gasteiger partial charge in [-0.1, -0.05) is 6.07 Å².